The second-order valence-corrected chi connectivity index (χ2v) is 3.03. The van der Waals surface area contributed by atoms with E-state index in [2.05, 4.69) is 5.32 Å². The lowest BCUT2D eigenvalue weighted by Gasteiger charge is -2.07. The van der Waals surface area contributed by atoms with Crippen LogP contribution >= 0.6 is 0 Å². The van der Waals surface area contributed by atoms with E-state index in [1.54, 1.807) is 12.1 Å². The number of hydrogen-bond acceptors (Lipinski definition) is 3. The van der Waals surface area contributed by atoms with Crippen molar-refractivity contribution in [2.45, 2.75) is 13.0 Å². The fourth-order valence-electron chi connectivity index (χ4n) is 1.16. The van der Waals surface area contributed by atoms with Gasteiger partial charge in [-0.2, -0.15) is 0 Å². The van der Waals surface area contributed by atoms with E-state index in [1.807, 2.05) is 0 Å². The quantitative estimate of drug-likeness (QED) is 0.789. The van der Waals surface area contributed by atoms with Crippen LogP contribution in [0.25, 0.3) is 0 Å². The number of benzene rings is 1. The van der Waals surface area contributed by atoms with Gasteiger partial charge in [0.05, 0.1) is 13.7 Å². The Balaban J connectivity index is 2.54. The molecular formula is C10H13F2NO2. The zero-order valence-electron chi connectivity index (χ0n) is 8.34. The van der Waals surface area contributed by atoms with Gasteiger partial charge >= 0.3 is 0 Å². The van der Waals surface area contributed by atoms with Crippen molar-refractivity contribution in [1.82, 2.24) is 5.32 Å². The van der Waals surface area contributed by atoms with Gasteiger partial charge in [-0.05, 0) is 17.7 Å². The summed E-state index contributed by atoms with van der Waals surface area (Å²) >= 11 is 0. The molecule has 84 valence electrons. The summed E-state index contributed by atoms with van der Waals surface area (Å²) in [5.41, 5.74) is 0.783. The van der Waals surface area contributed by atoms with Crippen molar-refractivity contribution in [3.63, 3.8) is 0 Å². The second-order valence-electron chi connectivity index (χ2n) is 3.03. The summed E-state index contributed by atoms with van der Waals surface area (Å²) in [6, 6.07) is 4.72. The molecule has 0 fully saturated rings. The van der Waals surface area contributed by atoms with E-state index in [9.17, 15) is 13.9 Å². The van der Waals surface area contributed by atoms with Crippen molar-refractivity contribution in [2.75, 3.05) is 13.7 Å². The molecule has 0 saturated carbocycles. The number of ether oxygens (including phenoxy) is 1. The molecule has 0 amide bonds. The highest BCUT2D eigenvalue weighted by atomic mass is 19.3. The monoisotopic (exact) mass is 217 g/mol. The van der Waals surface area contributed by atoms with Crippen LogP contribution in [0.2, 0.25) is 0 Å². The number of halogens is 2. The smallest absolute Gasteiger partial charge is 0.250 e. The first kappa shape index (κ1) is 11.7. The van der Waals surface area contributed by atoms with Gasteiger partial charge in [-0.25, -0.2) is 8.78 Å². The molecule has 1 aromatic rings. The maximum atomic E-state index is 11.8. The van der Waals surface area contributed by atoms with Gasteiger partial charge in [0, 0.05) is 6.54 Å². The predicted octanol–water partition coefficient (Wildman–Crippen LogP) is 1.76. The summed E-state index contributed by atoms with van der Waals surface area (Å²) in [5, 5.41) is 11.9. The van der Waals surface area contributed by atoms with E-state index in [4.69, 9.17) is 4.74 Å². The van der Waals surface area contributed by atoms with Gasteiger partial charge in [0.15, 0.2) is 11.5 Å². The van der Waals surface area contributed by atoms with E-state index in [1.165, 1.54) is 13.2 Å². The molecule has 0 unspecified atom stereocenters. The molecule has 1 rings (SSSR count). The number of alkyl halides is 2. The Labute approximate surface area is 86.7 Å². The minimum absolute atomic E-state index is 0.0371. The van der Waals surface area contributed by atoms with Crippen molar-refractivity contribution in [1.29, 1.82) is 0 Å². The van der Waals surface area contributed by atoms with E-state index >= 15 is 0 Å². The third-order valence-electron chi connectivity index (χ3n) is 1.87. The lowest BCUT2D eigenvalue weighted by atomic mass is 10.2. The molecule has 15 heavy (non-hydrogen) atoms. The van der Waals surface area contributed by atoms with Gasteiger partial charge in [-0.1, -0.05) is 6.07 Å². The lowest BCUT2D eigenvalue weighted by molar-refractivity contribution is 0.145. The minimum atomic E-state index is -2.36. The Bertz CT molecular complexity index is 318. The summed E-state index contributed by atoms with van der Waals surface area (Å²) in [5.74, 6) is 0.376. The maximum absolute atomic E-state index is 11.8. The molecule has 0 aliphatic rings. The number of rotatable bonds is 5. The van der Waals surface area contributed by atoms with E-state index in [0.717, 1.165) is 5.56 Å². The molecule has 0 spiro atoms. The van der Waals surface area contributed by atoms with E-state index < -0.39 is 6.43 Å². The van der Waals surface area contributed by atoms with Crippen LogP contribution in [0.15, 0.2) is 18.2 Å². The number of hydrogen-bond donors (Lipinski definition) is 2. The van der Waals surface area contributed by atoms with Gasteiger partial charge in [0.25, 0.3) is 6.43 Å². The van der Waals surface area contributed by atoms with Gasteiger partial charge in [0.1, 0.15) is 0 Å². The van der Waals surface area contributed by atoms with Gasteiger partial charge in [-0.3, -0.25) is 0 Å². The van der Waals surface area contributed by atoms with E-state index in [-0.39, 0.29) is 12.3 Å². The second kappa shape index (κ2) is 5.50. The van der Waals surface area contributed by atoms with Gasteiger partial charge in [-0.15, -0.1) is 0 Å². The first-order chi connectivity index (χ1) is 7.13. The van der Waals surface area contributed by atoms with Crippen LogP contribution in [-0.2, 0) is 6.54 Å². The Hall–Kier alpha value is -1.36. The standard InChI is InChI=1S/C10H13F2NO2/c1-15-9-4-7(2-3-8(9)14)5-13-6-10(11)12/h2-4,10,13-14H,5-6H2,1H3. The van der Waals surface area contributed by atoms with Gasteiger partial charge < -0.3 is 15.2 Å². The van der Waals surface area contributed by atoms with Crippen LogP contribution in [0.4, 0.5) is 8.78 Å². The van der Waals surface area contributed by atoms with Crippen LogP contribution in [0.1, 0.15) is 5.56 Å². The number of methoxy groups -OCH3 is 1. The molecule has 0 bridgehead atoms. The fourth-order valence-corrected chi connectivity index (χ4v) is 1.16. The molecule has 0 aromatic heterocycles. The average molecular weight is 217 g/mol. The third-order valence-corrected chi connectivity index (χ3v) is 1.87. The summed E-state index contributed by atoms with van der Waals surface area (Å²) in [6.45, 7) is -0.0236. The van der Waals surface area contributed by atoms with Gasteiger partial charge in [0.2, 0.25) is 0 Å². The first-order valence-corrected chi connectivity index (χ1v) is 4.48. The van der Waals surface area contributed by atoms with Crippen molar-refractivity contribution in [2.24, 2.45) is 0 Å². The number of nitrogens with one attached hydrogen (secondary N) is 1. The van der Waals surface area contributed by atoms with Crippen molar-refractivity contribution < 1.29 is 18.6 Å². The number of aromatic hydroxyl groups is 1. The molecule has 2 N–H and O–H groups in total. The molecule has 3 nitrogen and oxygen atoms in total. The van der Waals surface area contributed by atoms with Crippen LogP contribution in [0, 0.1) is 0 Å². The molecule has 1 aromatic carbocycles. The fraction of sp³-hybridized carbons (Fsp3) is 0.400. The average Bonchev–Trinajstić information content (AvgIpc) is 2.20. The van der Waals surface area contributed by atoms with Crippen LogP contribution in [0.5, 0.6) is 11.5 Å². The summed E-state index contributed by atoms with van der Waals surface area (Å²) in [4.78, 5) is 0. The van der Waals surface area contributed by atoms with Crippen LogP contribution < -0.4 is 10.1 Å². The Morgan fingerprint density at radius 2 is 2.20 bits per heavy atom. The highest BCUT2D eigenvalue weighted by molar-refractivity contribution is 5.41. The highest BCUT2D eigenvalue weighted by Gasteiger charge is 2.04. The Morgan fingerprint density at radius 1 is 1.47 bits per heavy atom. The van der Waals surface area contributed by atoms with Crippen molar-refractivity contribution in [3.05, 3.63) is 23.8 Å². The van der Waals surface area contributed by atoms with E-state index in [0.29, 0.717) is 12.3 Å². The molecular weight excluding hydrogens is 204 g/mol. The highest BCUT2D eigenvalue weighted by Crippen LogP contribution is 2.25. The summed E-state index contributed by atoms with van der Waals surface area (Å²) in [7, 11) is 1.44. The zero-order chi connectivity index (χ0) is 11.3. The molecule has 5 heteroatoms. The van der Waals surface area contributed by atoms with Crippen LogP contribution in [-0.4, -0.2) is 25.2 Å². The first-order valence-electron chi connectivity index (χ1n) is 4.48. The normalized spacial score (nSPS) is 10.7. The number of phenols is 1. The molecule has 0 radical (unpaired) electrons. The lowest BCUT2D eigenvalue weighted by Crippen LogP contribution is -2.20. The Kier molecular flexibility index (Phi) is 4.30. The maximum Gasteiger partial charge on any atom is 0.250 e. The minimum Gasteiger partial charge on any atom is -0.504 e. The molecule has 0 aliphatic carbocycles. The molecule has 0 atom stereocenters. The SMILES string of the molecule is COc1cc(CNCC(F)F)ccc1O. The summed E-state index contributed by atoms with van der Waals surface area (Å²) in [6.07, 6.45) is -2.36. The zero-order valence-corrected chi connectivity index (χ0v) is 8.34. The molecule has 0 heterocycles. The summed E-state index contributed by atoms with van der Waals surface area (Å²) < 4.78 is 28.5. The third kappa shape index (κ3) is 3.71. The predicted molar refractivity (Wildman–Crippen MR) is 52.4 cm³/mol. The number of phenolic OH excluding ortho intramolecular Hbond substituents is 1. The largest absolute Gasteiger partial charge is 0.504 e. The van der Waals surface area contributed by atoms with Crippen molar-refractivity contribution in [3.8, 4) is 11.5 Å². The van der Waals surface area contributed by atoms with Crippen molar-refractivity contribution >= 4 is 0 Å². The molecule has 0 saturated heterocycles. The Morgan fingerprint density at radius 3 is 2.80 bits per heavy atom. The molecule has 0 aliphatic heterocycles. The topological polar surface area (TPSA) is 41.5 Å². The van der Waals surface area contributed by atoms with Crippen LogP contribution in [0.3, 0.4) is 0 Å².